The maximum Gasteiger partial charge on any atom is 0.416 e. The highest BCUT2D eigenvalue weighted by Gasteiger charge is 2.31. The van der Waals surface area contributed by atoms with Gasteiger partial charge < -0.3 is 15.2 Å². The van der Waals surface area contributed by atoms with Crippen molar-refractivity contribution < 1.29 is 41.4 Å². The van der Waals surface area contributed by atoms with Crippen molar-refractivity contribution in [3.63, 3.8) is 0 Å². The number of carbonyl (C=O) groups excluding carboxylic acids is 1. The van der Waals surface area contributed by atoms with Crippen molar-refractivity contribution in [2.45, 2.75) is 32.0 Å². The summed E-state index contributed by atoms with van der Waals surface area (Å²) in [6.07, 6.45) is -7.73. The number of hydrogen-bond acceptors (Lipinski definition) is 4. The van der Waals surface area contributed by atoms with Crippen LogP contribution in [0.3, 0.4) is 0 Å². The number of nitrogens with zero attached hydrogens (tertiary/aromatic N) is 2. The summed E-state index contributed by atoms with van der Waals surface area (Å²) in [7, 11) is 2.53. The van der Waals surface area contributed by atoms with E-state index in [1.54, 1.807) is 6.92 Å². The van der Waals surface area contributed by atoms with Gasteiger partial charge in [-0.15, -0.1) is 0 Å². The van der Waals surface area contributed by atoms with Crippen molar-refractivity contribution in [3.8, 4) is 5.75 Å². The fourth-order valence-electron chi connectivity index (χ4n) is 3.73. The number of benzene rings is 2. The molecule has 0 aliphatic rings. The molecule has 1 aromatic heterocycles. The molecule has 1 amide bonds. The van der Waals surface area contributed by atoms with Crippen molar-refractivity contribution in [2.24, 2.45) is 7.05 Å². The number of rotatable bonds is 8. The molecule has 3 aromatic rings. The minimum atomic E-state index is -4.53. The summed E-state index contributed by atoms with van der Waals surface area (Å²) in [5.74, 6) is -2.02. The Kier molecular flexibility index (Phi) is 7.65. The third-order valence-electron chi connectivity index (χ3n) is 5.55. The van der Waals surface area contributed by atoms with Gasteiger partial charge in [-0.25, -0.2) is 13.6 Å². The number of carboxylic acid groups (broad SMARTS) is 1. The molecule has 0 aliphatic carbocycles. The number of carbonyl (C=O) groups is 2. The van der Waals surface area contributed by atoms with Crippen LogP contribution in [0.15, 0.2) is 42.5 Å². The third-order valence-corrected chi connectivity index (χ3v) is 5.55. The Labute approximate surface area is 202 Å². The summed E-state index contributed by atoms with van der Waals surface area (Å²) in [5.41, 5.74) is -1.21. The van der Waals surface area contributed by atoms with Crippen LogP contribution in [-0.4, -0.2) is 33.9 Å². The van der Waals surface area contributed by atoms with Crippen molar-refractivity contribution >= 4 is 11.9 Å². The van der Waals surface area contributed by atoms with Crippen LogP contribution in [-0.2, 0) is 19.6 Å². The van der Waals surface area contributed by atoms with E-state index in [0.717, 1.165) is 16.8 Å². The van der Waals surface area contributed by atoms with Gasteiger partial charge in [0.25, 0.3) is 12.3 Å². The molecule has 0 saturated heterocycles. The highest BCUT2D eigenvalue weighted by Crippen LogP contribution is 2.31. The summed E-state index contributed by atoms with van der Waals surface area (Å²) in [4.78, 5) is 24.4. The van der Waals surface area contributed by atoms with Gasteiger partial charge >= 0.3 is 12.1 Å². The van der Waals surface area contributed by atoms with E-state index < -0.39 is 41.8 Å². The zero-order valence-electron chi connectivity index (χ0n) is 19.4. The molecule has 0 aliphatic heterocycles. The number of halogens is 5. The second-order valence-corrected chi connectivity index (χ2v) is 7.96. The van der Waals surface area contributed by atoms with Crippen molar-refractivity contribution in [2.75, 3.05) is 7.11 Å². The van der Waals surface area contributed by atoms with Gasteiger partial charge in [0.2, 0.25) is 0 Å². The molecule has 3 rings (SSSR count). The first-order chi connectivity index (χ1) is 16.8. The van der Waals surface area contributed by atoms with Crippen molar-refractivity contribution in [1.29, 1.82) is 0 Å². The summed E-state index contributed by atoms with van der Waals surface area (Å²) in [5, 5.41) is 15.9. The number of alkyl halides is 5. The molecule has 0 bridgehead atoms. The standard InChI is InChI=1S/C24H22F5N3O4/c1-12(14-6-9-16(23(34)35)18(11-14)36-3)30-22(33)19-17(31-32(2)20(19)21(25)26)10-13-4-7-15(8-5-13)24(27,28)29/h4-9,11-12,21H,10H2,1-3H3,(H,30,33)(H,34,35)/t12-/m0/s1. The Bertz CT molecular complexity index is 1270. The van der Waals surface area contributed by atoms with Crippen LogP contribution in [0.5, 0.6) is 5.75 Å². The van der Waals surface area contributed by atoms with E-state index in [9.17, 15) is 36.6 Å². The number of methoxy groups -OCH3 is 1. The van der Waals surface area contributed by atoms with E-state index in [-0.39, 0.29) is 29.0 Å². The Morgan fingerprint density at radius 2 is 1.78 bits per heavy atom. The first-order valence-corrected chi connectivity index (χ1v) is 10.6. The van der Waals surface area contributed by atoms with Crippen LogP contribution in [0, 0.1) is 0 Å². The molecule has 2 aromatic carbocycles. The Morgan fingerprint density at radius 3 is 2.31 bits per heavy atom. The van der Waals surface area contributed by atoms with Crippen LogP contribution < -0.4 is 10.1 Å². The molecular weight excluding hydrogens is 489 g/mol. The van der Waals surface area contributed by atoms with Gasteiger partial charge in [0.1, 0.15) is 17.0 Å². The van der Waals surface area contributed by atoms with E-state index in [1.165, 1.54) is 44.5 Å². The first-order valence-electron chi connectivity index (χ1n) is 10.6. The Balaban J connectivity index is 1.91. The van der Waals surface area contributed by atoms with Crippen LogP contribution >= 0.6 is 0 Å². The van der Waals surface area contributed by atoms with E-state index in [1.807, 2.05) is 0 Å². The molecule has 2 N–H and O–H groups in total. The second-order valence-electron chi connectivity index (χ2n) is 7.96. The molecule has 1 atom stereocenters. The van der Waals surface area contributed by atoms with Crippen LogP contribution in [0.4, 0.5) is 22.0 Å². The van der Waals surface area contributed by atoms with Gasteiger partial charge in [0.05, 0.1) is 30.0 Å². The number of ether oxygens (including phenoxy) is 1. The lowest BCUT2D eigenvalue weighted by Gasteiger charge is -2.17. The van der Waals surface area contributed by atoms with E-state index in [0.29, 0.717) is 11.1 Å². The molecule has 7 nitrogen and oxygen atoms in total. The van der Waals surface area contributed by atoms with Gasteiger partial charge in [0.15, 0.2) is 0 Å². The lowest BCUT2D eigenvalue weighted by atomic mass is 10.0. The topological polar surface area (TPSA) is 93.5 Å². The largest absolute Gasteiger partial charge is 0.496 e. The quantitative estimate of drug-likeness (QED) is 0.408. The Hall–Kier alpha value is -3.96. The smallest absolute Gasteiger partial charge is 0.416 e. The summed E-state index contributed by atoms with van der Waals surface area (Å²) in [6, 6.07) is 7.54. The van der Waals surface area contributed by atoms with E-state index in [2.05, 4.69) is 10.4 Å². The summed E-state index contributed by atoms with van der Waals surface area (Å²) in [6.45, 7) is 1.57. The molecule has 12 heteroatoms. The lowest BCUT2D eigenvalue weighted by molar-refractivity contribution is -0.137. The van der Waals surface area contributed by atoms with Crippen LogP contribution in [0.2, 0.25) is 0 Å². The predicted octanol–water partition coefficient (Wildman–Crippen LogP) is 5.17. The average Bonchev–Trinajstić information content (AvgIpc) is 3.14. The van der Waals surface area contributed by atoms with Gasteiger partial charge in [-0.2, -0.15) is 18.3 Å². The highest BCUT2D eigenvalue weighted by molar-refractivity contribution is 5.97. The monoisotopic (exact) mass is 511 g/mol. The number of amides is 1. The molecule has 0 unspecified atom stereocenters. The number of aromatic carboxylic acids is 1. The number of nitrogens with one attached hydrogen (secondary N) is 1. The molecule has 0 fully saturated rings. The molecule has 1 heterocycles. The van der Waals surface area contributed by atoms with Crippen molar-refractivity contribution in [3.05, 3.63) is 81.7 Å². The third kappa shape index (κ3) is 5.64. The second kappa shape index (κ2) is 10.3. The van der Waals surface area contributed by atoms with Crippen molar-refractivity contribution in [1.82, 2.24) is 15.1 Å². The number of hydrogen-bond donors (Lipinski definition) is 2. The number of aromatic nitrogens is 2. The summed E-state index contributed by atoms with van der Waals surface area (Å²) < 4.78 is 72.1. The zero-order valence-corrected chi connectivity index (χ0v) is 19.4. The van der Waals surface area contributed by atoms with Crippen LogP contribution in [0.1, 0.15) is 68.2 Å². The fraction of sp³-hybridized carbons (Fsp3) is 0.292. The number of carboxylic acids is 1. The number of aryl methyl sites for hydroxylation is 1. The first kappa shape index (κ1) is 26.6. The molecule has 0 saturated carbocycles. The van der Waals surface area contributed by atoms with Gasteiger partial charge in [-0.1, -0.05) is 18.2 Å². The zero-order chi connectivity index (χ0) is 26.8. The molecule has 0 radical (unpaired) electrons. The highest BCUT2D eigenvalue weighted by atomic mass is 19.4. The van der Waals surface area contributed by atoms with Gasteiger partial charge in [0, 0.05) is 13.5 Å². The fourth-order valence-corrected chi connectivity index (χ4v) is 3.73. The predicted molar refractivity (Wildman–Crippen MR) is 118 cm³/mol. The van der Waals surface area contributed by atoms with E-state index in [4.69, 9.17) is 4.74 Å². The average molecular weight is 511 g/mol. The van der Waals surface area contributed by atoms with Crippen LogP contribution in [0.25, 0.3) is 0 Å². The lowest BCUT2D eigenvalue weighted by Crippen LogP contribution is -2.28. The minimum absolute atomic E-state index is 0.0314. The molecule has 192 valence electrons. The molecular formula is C24H22F5N3O4. The molecule has 0 spiro atoms. The summed E-state index contributed by atoms with van der Waals surface area (Å²) >= 11 is 0. The molecule has 36 heavy (non-hydrogen) atoms. The normalized spacial score (nSPS) is 12.5. The van der Waals surface area contributed by atoms with Gasteiger partial charge in [-0.05, 0) is 42.3 Å². The SMILES string of the molecule is COc1cc([C@H](C)NC(=O)c2c(Cc3ccc(C(F)(F)F)cc3)nn(C)c2C(F)F)ccc1C(=O)O. The maximum atomic E-state index is 13.8. The maximum absolute atomic E-state index is 13.8. The minimum Gasteiger partial charge on any atom is -0.496 e. The Morgan fingerprint density at radius 1 is 1.14 bits per heavy atom. The van der Waals surface area contributed by atoms with E-state index >= 15 is 0 Å². The van der Waals surface area contributed by atoms with Gasteiger partial charge in [-0.3, -0.25) is 9.48 Å².